The minimum absolute atomic E-state index is 0.0521. The summed E-state index contributed by atoms with van der Waals surface area (Å²) in [7, 11) is 0. The van der Waals surface area contributed by atoms with Gasteiger partial charge < -0.3 is 0 Å². The lowest BCUT2D eigenvalue weighted by molar-refractivity contribution is 0.106. The predicted molar refractivity (Wildman–Crippen MR) is 77.6 cm³/mol. The molecule has 0 amide bonds. The first-order chi connectivity index (χ1) is 9.72. The van der Waals surface area contributed by atoms with Crippen LogP contribution in [0.3, 0.4) is 0 Å². The minimum Gasteiger partial charge on any atom is -0.297 e. The molecule has 4 heteroatoms. The summed E-state index contributed by atoms with van der Waals surface area (Å²) in [4.78, 5) is 4.59. The van der Waals surface area contributed by atoms with E-state index in [-0.39, 0.29) is 11.9 Å². The van der Waals surface area contributed by atoms with Gasteiger partial charge in [0.05, 0.1) is 12.1 Å². The summed E-state index contributed by atoms with van der Waals surface area (Å²) in [5, 5.41) is 9.19. The molecule has 0 bridgehead atoms. The van der Waals surface area contributed by atoms with Crippen molar-refractivity contribution in [2.75, 3.05) is 26.2 Å². The average Bonchev–Trinajstić information content (AvgIpc) is 2.46. The van der Waals surface area contributed by atoms with Crippen molar-refractivity contribution in [3.63, 3.8) is 0 Å². The Hall–Kier alpha value is -1.44. The number of halogens is 1. The van der Waals surface area contributed by atoms with Crippen LogP contribution in [0.15, 0.2) is 24.3 Å². The number of benzene rings is 1. The molecule has 1 aliphatic rings. The first kappa shape index (κ1) is 15.0. The highest BCUT2D eigenvalue weighted by molar-refractivity contribution is 5.16. The van der Waals surface area contributed by atoms with Gasteiger partial charge in [0, 0.05) is 32.7 Å². The average molecular weight is 275 g/mol. The summed E-state index contributed by atoms with van der Waals surface area (Å²) in [6.07, 6.45) is 1.99. The first-order valence-electron chi connectivity index (χ1n) is 7.33. The van der Waals surface area contributed by atoms with E-state index in [0.29, 0.717) is 0 Å². The lowest BCUT2D eigenvalue weighted by Gasteiger charge is -2.36. The van der Waals surface area contributed by atoms with Crippen molar-refractivity contribution in [2.24, 2.45) is 0 Å². The Morgan fingerprint density at radius 3 is 2.65 bits per heavy atom. The van der Waals surface area contributed by atoms with Gasteiger partial charge in [0.25, 0.3) is 0 Å². The highest BCUT2D eigenvalue weighted by atomic mass is 19.1. The summed E-state index contributed by atoms with van der Waals surface area (Å²) >= 11 is 0. The highest BCUT2D eigenvalue weighted by Crippen LogP contribution is 2.13. The molecule has 1 saturated heterocycles. The molecule has 2 rings (SSSR count). The predicted octanol–water partition coefficient (Wildman–Crippen LogP) is 2.64. The minimum atomic E-state index is -0.173. The number of nitriles is 1. The molecule has 1 aromatic carbocycles. The lowest BCUT2D eigenvalue weighted by Crippen LogP contribution is -2.49. The molecule has 20 heavy (non-hydrogen) atoms. The van der Waals surface area contributed by atoms with Gasteiger partial charge in [-0.15, -0.1) is 0 Å². The fourth-order valence-corrected chi connectivity index (χ4v) is 2.73. The van der Waals surface area contributed by atoms with E-state index in [1.807, 2.05) is 6.07 Å². The molecule has 0 aliphatic carbocycles. The van der Waals surface area contributed by atoms with Crippen LogP contribution < -0.4 is 0 Å². The Bertz CT molecular complexity index is 461. The van der Waals surface area contributed by atoms with E-state index in [9.17, 15) is 9.65 Å². The highest BCUT2D eigenvalue weighted by Gasteiger charge is 2.22. The van der Waals surface area contributed by atoms with E-state index in [2.05, 4.69) is 22.8 Å². The monoisotopic (exact) mass is 275 g/mol. The van der Waals surface area contributed by atoms with Gasteiger partial charge in [-0.1, -0.05) is 25.5 Å². The SMILES string of the molecule is CCCC(C#N)N1CCN(Cc2cccc(F)c2)CC1. The Balaban J connectivity index is 1.84. The molecule has 1 heterocycles. The number of nitrogens with zero attached hydrogens (tertiary/aromatic N) is 3. The summed E-state index contributed by atoms with van der Waals surface area (Å²) in [5.41, 5.74) is 1.02. The van der Waals surface area contributed by atoms with Gasteiger partial charge in [-0.25, -0.2) is 4.39 Å². The molecule has 0 aromatic heterocycles. The number of piperazine rings is 1. The first-order valence-corrected chi connectivity index (χ1v) is 7.33. The van der Waals surface area contributed by atoms with Crippen molar-refractivity contribution in [1.82, 2.24) is 9.80 Å². The molecule has 0 N–H and O–H groups in total. The van der Waals surface area contributed by atoms with Gasteiger partial charge in [0.1, 0.15) is 5.82 Å². The number of hydrogen-bond acceptors (Lipinski definition) is 3. The maximum absolute atomic E-state index is 13.2. The van der Waals surface area contributed by atoms with Crippen LogP contribution in [0, 0.1) is 17.1 Å². The van der Waals surface area contributed by atoms with Crippen molar-refractivity contribution in [3.8, 4) is 6.07 Å². The molecule has 0 saturated carbocycles. The fraction of sp³-hybridized carbons (Fsp3) is 0.562. The van der Waals surface area contributed by atoms with Gasteiger partial charge in [-0.05, 0) is 24.1 Å². The molecule has 1 atom stereocenters. The van der Waals surface area contributed by atoms with Crippen molar-refractivity contribution in [2.45, 2.75) is 32.4 Å². The van der Waals surface area contributed by atoms with Crippen LogP contribution in [0.2, 0.25) is 0 Å². The normalized spacial score (nSPS) is 18.6. The van der Waals surface area contributed by atoms with Crippen molar-refractivity contribution in [1.29, 1.82) is 5.26 Å². The quantitative estimate of drug-likeness (QED) is 0.827. The van der Waals surface area contributed by atoms with Crippen LogP contribution in [-0.4, -0.2) is 42.0 Å². The Kier molecular flexibility index (Phi) is 5.51. The van der Waals surface area contributed by atoms with E-state index in [0.717, 1.165) is 51.1 Å². The van der Waals surface area contributed by atoms with Gasteiger partial charge in [-0.3, -0.25) is 9.80 Å². The largest absolute Gasteiger partial charge is 0.297 e. The molecule has 1 fully saturated rings. The second-order valence-corrected chi connectivity index (χ2v) is 5.38. The van der Waals surface area contributed by atoms with E-state index in [4.69, 9.17) is 0 Å². The summed E-state index contributed by atoms with van der Waals surface area (Å²) in [6.45, 7) is 6.64. The maximum atomic E-state index is 13.2. The van der Waals surface area contributed by atoms with E-state index < -0.39 is 0 Å². The van der Waals surface area contributed by atoms with Crippen LogP contribution in [0.4, 0.5) is 4.39 Å². The number of rotatable bonds is 5. The van der Waals surface area contributed by atoms with Crippen molar-refractivity contribution >= 4 is 0 Å². The lowest BCUT2D eigenvalue weighted by atomic mass is 10.1. The topological polar surface area (TPSA) is 30.3 Å². The Labute approximate surface area is 120 Å². The maximum Gasteiger partial charge on any atom is 0.123 e. The number of hydrogen-bond donors (Lipinski definition) is 0. The molecule has 3 nitrogen and oxygen atoms in total. The fourth-order valence-electron chi connectivity index (χ4n) is 2.73. The van der Waals surface area contributed by atoms with Crippen LogP contribution in [-0.2, 0) is 6.54 Å². The van der Waals surface area contributed by atoms with E-state index in [1.165, 1.54) is 6.07 Å². The summed E-state index contributed by atoms with van der Waals surface area (Å²) < 4.78 is 13.2. The Morgan fingerprint density at radius 2 is 2.05 bits per heavy atom. The van der Waals surface area contributed by atoms with Crippen molar-refractivity contribution < 1.29 is 4.39 Å². The van der Waals surface area contributed by atoms with Crippen LogP contribution in [0.25, 0.3) is 0 Å². The second kappa shape index (κ2) is 7.37. The third-order valence-electron chi connectivity index (χ3n) is 3.85. The molecular weight excluding hydrogens is 253 g/mol. The Morgan fingerprint density at radius 1 is 1.30 bits per heavy atom. The molecule has 0 radical (unpaired) electrons. The van der Waals surface area contributed by atoms with Gasteiger partial charge in [-0.2, -0.15) is 5.26 Å². The van der Waals surface area contributed by atoms with Crippen LogP contribution in [0.1, 0.15) is 25.3 Å². The van der Waals surface area contributed by atoms with E-state index >= 15 is 0 Å². The zero-order valence-corrected chi connectivity index (χ0v) is 12.1. The molecule has 0 spiro atoms. The third-order valence-corrected chi connectivity index (χ3v) is 3.85. The summed E-state index contributed by atoms with van der Waals surface area (Å²) in [6, 6.07) is 9.25. The van der Waals surface area contributed by atoms with Crippen LogP contribution >= 0.6 is 0 Å². The van der Waals surface area contributed by atoms with Gasteiger partial charge in [0.15, 0.2) is 0 Å². The molecular formula is C16H22FN3. The summed E-state index contributed by atoms with van der Waals surface area (Å²) in [5.74, 6) is -0.173. The van der Waals surface area contributed by atoms with Crippen LogP contribution in [0.5, 0.6) is 0 Å². The third kappa shape index (κ3) is 4.03. The molecule has 108 valence electrons. The van der Waals surface area contributed by atoms with E-state index in [1.54, 1.807) is 12.1 Å². The smallest absolute Gasteiger partial charge is 0.123 e. The zero-order valence-electron chi connectivity index (χ0n) is 12.1. The zero-order chi connectivity index (χ0) is 14.4. The molecule has 1 aromatic rings. The molecule has 1 aliphatic heterocycles. The van der Waals surface area contributed by atoms with Crippen molar-refractivity contribution in [3.05, 3.63) is 35.6 Å². The second-order valence-electron chi connectivity index (χ2n) is 5.38. The molecule has 1 unspecified atom stereocenters. The van der Waals surface area contributed by atoms with Gasteiger partial charge >= 0.3 is 0 Å². The standard InChI is InChI=1S/C16H22FN3/c1-2-4-16(12-18)20-9-7-19(8-10-20)13-14-5-3-6-15(17)11-14/h3,5-6,11,16H,2,4,7-10,13H2,1H3. The van der Waals surface area contributed by atoms with Gasteiger partial charge in [0.2, 0.25) is 0 Å².